The van der Waals surface area contributed by atoms with Gasteiger partial charge >= 0.3 is 0 Å². The van der Waals surface area contributed by atoms with Crippen LogP contribution in [0.2, 0.25) is 0 Å². The fourth-order valence-corrected chi connectivity index (χ4v) is 2.57. The van der Waals surface area contributed by atoms with Crippen molar-refractivity contribution in [3.05, 3.63) is 59.3 Å². The Hall–Kier alpha value is -3.28. The molecular formula is C18H17N3O3. The normalized spacial score (nSPS) is 10.7. The Balaban J connectivity index is 2.04. The molecule has 1 aromatic heterocycles. The molecule has 0 bridgehead atoms. The van der Waals surface area contributed by atoms with Gasteiger partial charge in [0.1, 0.15) is 23.7 Å². The number of nitrogens with zero attached hydrogens (tertiary/aromatic N) is 1. The van der Waals surface area contributed by atoms with Gasteiger partial charge in [-0.3, -0.25) is 9.78 Å². The number of hydrogen-bond donors (Lipinski definition) is 3. The van der Waals surface area contributed by atoms with Crippen molar-refractivity contribution in [1.29, 1.82) is 0 Å². The van der Waals surface area contributed by atoms with Crippen molar-refractivity contribution in [1.82, 2.24) is 4.98 Å². The molecular weight excluding hydrogens is 306 g/mol. The predicted octanol–water partition coefficient (Wildman–Crippen LogP) is 2.51. The second kappa shape index (κ2) is 6.08. The van der Waals surface area contributed by atoms with Crippen molar-refractivity contribution in [2.75, 3.05) is 5.73 Å². The predicted molar refractivity (Wildman–Crippen MR) is 91.8 cm³/mol. The van der Waals surface area contributed by atoms with Crippen LogP contribution in [0, 0.1) is 6.92 Å². The van der Waals surface area contributed by atoms with E-state index < -0.39 is 5.91 Å². The lowest BCUT2D eigenvalue weighted by Gasteiger charge is -2.14. The summed E-state index contributed by atoms with van der Waals surface area (Å²) in [7, 11) is 0. The lowest BCUT2D eigenvalue weighted by atomic mass is 10.1. The number of nitrogen functional groups attached to an aromatic ring is 1. The summed E-state index contributed by atoms with van der Waals surface area (Å²) in [5.41, 5.74) is 14.3. The number of phenolic OH excluding ortho intramolecular Hbond substituents is 1. The van der Waals surface area contributed by atoms with Crippen LogP contribution in [-0.2, 0) is 6.61 Å². The third-order valence-corrected chi connectivity index (χ3v) is 3.82. The molecule has 0 spiro atoms. The molecule has 0 aliphatic carbocycles. The SMILES string of the molecule is Cc1cc(O)cc(COc2c(C(N)=O)cnc3ccccc23)c1N. The standard InChI is InChI=1S/C18H17N3O3/c1-10-6-12(22)7-11(16(10)19)9-24-17-13-4-2-3-5-15(13)21-8-14(17)18(20)23/h2-8,22H,9,19H2,1H3,(H2,20,23). The Labute approximate surface area is 138 Å². The van der Waals surface area contributed by atoms with E-state index in [1.165, 1.54) is 12.3 Å². The molecule has 2 aromatic carbocycles. The van der Waals surface area contributed by atoms with Gasteiger partial charge in [0.15, 0.2) is 0 Å². The minimum absolute atomic E-state index is 0.0926. The molecule has 6 heteroatoms. The van der Waals surface area contributed by atoms with E-state index in [0.29, 0.717) is 27.9 Å². The van der Waals surface area contributed by atoms with Crippen molar-refractivity contribution in [2.24, 2.45) is 5.73 Å². The van der Waals surface area contributed by atoms with Crippen molar-refractivity contribution >= 4 is 22.5 Å². The van der Waals surface area contributed by atoms with E-state index in [0.717, 1.165) is 5.56 Å². The summed E-state index contributed by atoms with van der Waals surface area (Å²) < 4.78 is 5.86. The number of ether oxygens (including phenoxy) is 1. The van der Waals surface area contributed by atoms with Crippen LogP contribution in [-0.4, -0.2) is 16.0 Å². The number of carbonyl (C=O) groups is 1. The second-order valence-electron chi connectivity index (χ2n) is 5.51. The van der Waals surface area contributed by atoms with E-state index in [9.17, 15) is 9.90 Å². The number of aryl methyl sites for hydroxylation is 1. The third-order valence-electron chi connectivity index (χ3n) is 3.82. The summed E-state index contributed by atoms with van der Waals surface area (Å²) in [5, 5.41) is 10.4. The molecule has 0 unspecified atom stereocenters. The number of aromatic nitrogens is 1. The average Bonchev–Trinajstić information content (AvgIpc) is 2.56. The average molecular weight is 323 g/mol. The molecule has 0 fully saturated rings. The molecule has 0 aliphatic rings. The summed E-state index contributed by atoms with van der Waals surface area (Å²) in [6, 6.07) is 10.4. The number of fused-ring (bicyclic) bond motifs is 1. The Morgan fingerprint density at radius 3 is 2.79 bits per heavy atom. The first-order valence-corrected chi connectivity index (χ1v) is 7.35. The van der Waals surface area contributed by atoms with E-state index in [1.807, 2.05) is 18.2 Å². The zero-order chi connectivity index (χ0) is 17.3. The van der Waals surface area contributed by atoms with Crippen LogP contribution in [0.1, 0.15) is 21.5 Å². The quantitative estimate of drug-likeness (QED) is 0.504. The highest BCUT2D eigenvalue weighted by atomic mass is 16.5. The lowest BCUT2D eigenvalue weighted by Crippen LogP contribution is -2.14. The van der Waals surface area contributed by atoms with Gasteiger partial charge in [0.25, 0.3) is 5.91 Å². The first-order chi connectivity index (χ1) is 11.5. The van der Waals surface area contributed by atoms with Gasteiger partial charge < -0.3 is 21.3 Å². The fraction of sp³-hybridized carbons (Fsp3) is 0.111. The Bertz CT molecular complexity index is 938. The summed E-state index contributed by atoms with van der Waals surface area (Å²) >= 11 is 0. The van der Waals surface area contributed by atoms with Crippen LogP contribution in [0.3, 0.4) is 0 Å². The third kappa shape index (κ3) is 2.81. The van der Waals surface area contributed by atoms with E-state index in [2.05, 4.69) is 4.98 Å². The number of primary amides is 1. The van der Waals surface area contributed by atoms with Gasteiger partial charge in [0.05, 0.1) is 5.52 Å². The molecule has 6 nitrogen and oxygen atoms in total. The summed E-state index contributed by atoms with van der Waals surface area (Å²) in [6.07, 6.45) is 1.40. The molecule has 3 aromatic rings. The highest BCUT2D eigenvalue weighted by Gasteiger charge is 2.15. The monoisotopic (exact) mass is 323 g/mol. The van der Waals surface area contributed by atoms with E-state index in [4.69, 9.17) is 16.2 Å². The highest BCUT2D eigenvalue weighted by Crippen LogP contribution is 2.30. The maximum Gasteiger partial charge on any atom is 0.254 e. The molecule has 0 saturated heterocycles. The maximum absolute atomic E-state index is 11.7. The van der Waals surface area contributed by atoms with Gasteiger partial charge in [-0.25, -0.2) is 0 Å². The number of carbonyl (C=O) groups excluding carboxylic acids is 1. The van der Waals surface area contributed by atoms with Crippen LogP contribution in [0.25, 0.3) is 10.9 Å². The number of phenols is 1. The van der Waals surface area contributed by atoms with E-state index in [-0.39, 0.29) is 17.9 Å². The zero-order valence-corrected chi connectivity index (χ0v) is 13.1. The molecule has 1 amide bonds. The summed E-state index contributed by atoms with van der Waals surface area (Å²) in [4.78, 5) is 15.9. The Morgan fingerprint density at radius 2 is 2.04 bits per heavy atom. The first kappa shape index (κ1) is 15.6. The van der Waals surface area contributed by atoms with Crippen molar-refractivity contribution < 1.29 is 14.6 Å². The van der Waals surface area contributed by atoms with Gasteiger partial charge in [0, 0.05) is 22.8 Å². The van der Waals surface area contributed by atoms with Crippen LogP contribution in [0.5, 0.6) is 11.5 Å². The smallest absolute Gasteiger partial charge is 0.254 e. The maximum atomic E-state index is 11.7. The molecule has 122 valence electrons. The Kier molecular flexibility index (Phi) is 3.95. The van der Waals surface area contributed by atoms with Gasteiger partial charge in [-0.05, 0) is 36.8 Å². The van der Waals surface area contributed by atoms with Crippen LogP contribution < -0.4 is 16.2 Å². The van der Waals surface area contributed by atoms with Gasteiger partial charge in [-0.2, -0.15) is 0 Å². The van der Waals surface area contributed by atoms with E-state index in [1.54, 1.807) is 19.1 Å². The molecule has 0 aliphatic heterocycles. The van der Waals surface area contributed by atoms with Crippen molar-refractivity contribution in [3.8, 4) is 11.5 Å². The number of amides is 1. The number of nitrogens with two attached hydrogens (primary N) is 2. The van der Waals surface area contributed by atoms with Crippen LogP contribution >= 0.6 is 0 Å². The number of para-hydroxylation sites is 1. The number of rotatable bonds is 4. The van der Waals surface area contributed by atoms with Crippen molar-refractivity contribution in [2.45, 2.75) is 13.5 Å². The largest absolute Gasteiger partial charge is 0.508 e. The summed E-state index contributed by atoms with van der Waals surface area (Å²) in [5.74, 6) is -0.160. The molecule has 3 rings (SSSR count). The summed E-state index contributed by atoms with van der Waals surface area (Å²) in [6.45, 7) is 1.89. The molecule has 0 radical (unpaired) electrons. The molecule has 5 N–H and O–H groups in total. The van der Waals surface area contributed by atoms with Gasteiger partial charge in [-0.1, -0.05) is 12.1 Å². The molecule has 0 saturated carbocycles. The molecule has 1 heterocycles. The molecule has 0 atom stereocenters. The number of pyridine rings is 1. The number of benzene rings is 2. The number of hydrogen-bond acceptors (Lipinski definition) is 5. The van der Waals surface area contributed by atoms with Gasteiger partial charge in [0.2, 0.25) is 0 Å². The van der Waals surface area contributed by atoms with Crippen LogP contribution in [0.4, 0.5) is 5.69 Å². The van der Waals surface area contributed by atoms with E-state index >= 15 is 0 Å². The van der Waals surface area contributed by atoms with Crippen molar-refractivity contribution in [3.63, 3.8) is 0 Å². The number of aromatic hydroxyl groups is 1. The number of anilines is 1. The second-order valence-corrected chi connectivity index (χ2v) is 5.51. The highest BCUT2D eigenvalue weighted by molar-refractivity contribution is 6.01. The zero-order valence-electron chi connectivity index (χ0n) is 13.1. The van der Waals surface area contributed by atoms with Crippen LogP contribution in [0.15, 0.2) is 42.6 Å². The minimum Gasteiger partial charge on any atom is -0.508 e. The topological polar surface area (TPSA) is 111 Å². The Morgan fingerprint density at radius 1 is 1.29 bits per heavy atom. The fourth-order valence-electron chi connectivity index (χ4n) is 2.57. The first-order valence-electron chi connectivity index (χ1n) is 7.35. The lowest BCUT2D eigenvalue weighted by molar-refractivity contribution is 0.0996. The molecule has 24 heavy (non-hydrogen) atoms. The van der Waals surface area contributed by atoms with Gasteiger partial charge in [-0.15, -0.1) is 0 Å². The minimum atomic E-state index is -0.622.